The Morgan fingerprint density at radius 2 is 2.27 bits per heavy atom. The van der Waals surface area contributed by atoms with Crippen LogP contribution in [-0.2, 0) is 11.3 Å². The van der Waals surface area contributed by atoms with Gasteiger partial charge in [-0.1, -0.05) is 6.07 Å². The zero-order valence-electron chi connectivity index (χ0n) is 6.30. The lowest BCUT2D eigenvalue weighted by molar-refractivity contribution is 0.185. The Hall–Kier alpha value is -1.09. The Kier molecular flexibility index (Phi) is 2.44. The maximum atomic E-state index is 12.5. The Morgan fingerprint density at radius 3 is 2.82 bits per heavy atom. The van der Waals surface area contributed by atoms with Gasteiger partial charge in [0.25, 0.3) is 0 Å². The zero-order chi connectivity index (χ0) is 8.27. The molecule has 0 fully saturated rings. The molecular formula is C8H10FNO. The summed E-state index contributed by atoms with van der Waals surface area (Å²) in [5, 5.41) is 0. The molecule has 11 heavy (non-hydrogen) atoms. The summed E-state index contributed by atoms with van der Waals surface area (Å²) in [5.74, 6) is -0.317. The van der Waals surface area contributed by atoms with Gasteiger partial charge >= 0.3 is 0 Å². The van der Waals surface area contributed by atoms with Crippen molar-refractivity contribution in [2.45, 2.75) is 6.61 Å². The second kappa shape index (κ2) is 3.34. The van der Waals surface area contributed by atoms with Gasteiger partial charge in [0, 0.05) is 18.4 Å². The molecule has 0 amide bonds. The number of rotatable bonds is 2. The Bertz CT molecular complexity index is 250. The fourth-order valence-corrected chi connectivity index (χ4v) is 0.853. The van der Waals surface area contributed by atoms with E-state index in [9.17, 15) is 4.39 Å². The van der Waals surface area contributed by atoms with Crippen molar-refractivity contribution in [1.29, 1.82) is 0 Å². The van der Waals surface area contributed by atoms with Crippen LogP contribution in [0.2, 0.25) is 0 Å². The molecule has 0 spiro atoms. The van der Waals surface area contributed by atoms with E-state index in [4.69, 9.17) is 10.5 Å². The van der Waals surface area contributed by atoms with Crippen molar-refractivity contribution in [2.24, 2.45) is 0 Å². The van der Waals surface area contributed by atoms with Crippen molar-refractivity contribution >= 4 is 5.69 Å². The van der Waals surface area contributed by atoms with Crippen molar-refractivity contribution in [3.8, 4) is 0 Å². The summed E-state index contributed by atoms with van der Waals surface area (Å²) < 4.78 is 17.3. The van der Waals surface area contributed by atoms with Gasteiger partial charge in [0.05, 0.1) is 6.61 Å². The summed E-state index contributed by atoms with van der Waals surface area (Å²) in [4.78, 5) is 0. The van der Waals surface area contributed by atoms with Crippen LogP contribution in [0.15, 0.2) is 18.2 Å². The molecule has 0 saturated heterocycles. The van der Waals surface area contributed by atoms with Crippen LogP contribution in [0.25, 0.3) is 0 Å². The van der Waals surface area contributed by atoms with E-state index in [0.29, 0.717) is 12.3 Å². The van der Waals surface area contributed by atoms with Crippen molar-refractivity contribution in [2.75, 3.05) is 12.8 Å². The predicted octanol–water partition coefficient (Wildman–Crippen LogP) is 1.55. The summed E-state index contributed by atoms with van der Waals surface area (Å²) in [6.45, 7) is 0.423. The third kappa shape index (κ3) is 1.91. The van der Waals surface area contributed by atoms with E-state index in [1.165, 1.54) is 12.1 Å². The number of anilines is 1. The molecular weight excluding hydrogens is 145 g/mol. The monoisotopic (exact) mass is 155 g/mol. The smallest absolute Gasteiger partial charge is 0.125 e. The van der Waals surface area contributed by atoms with Gasteiger partial charge in [-0.3, -0.25) is 0 Å². The normalized spacial score (nSPS) is 10.0. The quantitative estimate of drug-likeness (QED) is 0.658. The summed E-state index contributed by atoms with van der Waals surface area (Å²) in [6, 6.07) is 4.27. The van der Waals surface area contributed by atoms with Crippen LogP contribution in [-0.4, -0.2) is 7.11 Å². The maximum Gasteiger partial charge on any atom is 0.125 e. The Balaban J connectivity index is 2.90. The SMILES string of the molecule is COCc1ccc(F)cc1N. The van der Waals surface area contributed by atoms with E-state index in [1.807, 2.05) is 0 Å². The van der Waals surface area contributed by atoms with Gasteiger partial charge in [-0.2, -0.15) is 0 Å². The number of ether oxygens (including phenoxy) is 1. The fraction of sp³-hybridized carbons (Fsp3) is 0.250. The van der Waals surface area contributed by atoms with E-state index >= 15 is 0 Å². The Morgan fingerprint density at radius 1 is 1.55 bits per heavy atom. The largest absolute Gasteiger partial charge is 0.398 e. The lowest BCUT2D eigenvalue weighted by atomic mass is 10.2. The molecule has 3 heteroatoms. The average Bonchev–Trinajstić information content (AvgIpc) is 1.95. The molecule has 0 unspecified atom stereocenters. The summed E-state index contributed by atoms with van der Waals surface area (Å²) in [6.07, 6.45) is 0. The van der Waals surface area contributed by atoms with E-state index in [-0.39, 0.29) is 5.82 Å². The van der Waals surface area contributed by atoms with Crippen LogP contribution in [0.5, 0.6) is 0 Å². The first-order chi connectivity index (χ1) is 5.24. The zero-order valence-corrected chi connectivity index (χ0v) is 6.30. The second-order valence-electron chi connectivity index (χ2n) is 2.28. The van der Waals surface area contributed by atoms with E-state index in [1.54, 1.807) is 13.2 Å². The molecule has 0 aliphatic rings. The van der Waals surface area contributed by atoms with E-state index in [0.717, 1.165) is 5.56 Å². The molecule has 2 nitrogen and oxygen atoms in total. The molecule has 1 aromatic rings. The van der Waals surface area contributed by atoms with Crippen LogP contribution in [0.4, 0.5) is 10.1 Å². The van der Waals surface area contributed by atoms with Gasteiger partial charge in [0.15, 0.2) is 0 Å². The minimum absolute atomic E-state index is 0.317. The number of halogens is 1. The van der Waals surface area contributed by atoms with Gasteiger partial charge in [0.2, 0.25) is 0 Å². The first kappa shape index (κ1) is 8.01. The number of hydrogen-bond donors (Lipinski definition) is 1. The lowest BCUT2D eigenvalue weighted by Crippen LogP contribution is -1.96. The first-order valence-corrected chi connectivity index (χ1v) is 3.27. The molecule has 0 saturated carbocycles. The third-order valence-electron chi connectivity index (χ3n) is 1.41. The van der Waals surface area contributed by atoms with Gasteiger partial charge in [-0.15, -0.1) is 0 Å². The number of nitrogens with two attached hydrogens (primary N) is 1. The number of benzene rings is 1. The summed E-state index contributed by atoms with van der Waals surface area (Å²) in [7, 11) is 1.57. The third-order valence-corrected chi connectivity index (χ3v) is 1.41. The van der Waals surface area contributed by atoms with Gasteiger partial charge in [-0.25, -0.2) is 4.39 Å². The highest BCUT2D eigenvalue weighted by Crippen LogP contribution is 2.13. The number of hydrogen-bond acceptors (Lipinski definition) is 2. The van der Waals surface area contributed by atoms with Crippen LogP contribution in [0.3, 0.4) is 0 Å². The maximum absolute atomic E-state index is 12.5. The summed E-state index contributed by atoms with van der Waals surface area (Å²) >= 11 is 0. The fourth-order valence-electron chi connectivity index (χ4n) is 0.853. The highest BCUT2D eigenvalue weighted by molar-refractivity contribution is 5.46. The molecule has 1 aromatic carbocycles. The molecule has 0 heterocycles. The molecule has 0 radical (unpaired) electrons. The molecule has 1 rings (SSSR count). The lowest BCUT2D eigenvalue weighted by Gasteiger charge is -2.02. The van der Waals surface area contributed by atoms with Crippen LogP contribution in [0.1, 0.15) is 5.56 Å². The van der Waals surface area contributed by atoms with Gasteiger partial charge < -0.3 is 10.5 Å². The highest BCUT2D eigenvalue weighted by Gasteiger charge is 1.98. The van der Waals surface area contributed by atoms with E-state index in [2.05, 4.69) is 0 Å². The average molecular weight is 155 g/mol. The van der Waals surface area contributed by atoms with Gasteiger partial charge in [0.1, 0.15) is 5.82 Å². The highest BCUT2D eigenvalue weighted by atomic mass is 19.1. The van der Waals surface area contributed by atoms with Crippen molar-refractivity contribution < 1.29 is 9.13 Å². The Labute approximate surface area is 64.8 Å². The van der Waals surface area contributed by atoms with Crippen molar-refractivity contribution in [3.63, 3.8) is 0 Å². The molecule has 0 atom stereocenters. The number of methoxy groups -OCH3 is 1. The number of nitrogen functional groups attached to an aromatic ring is 1. The van der Waals surface area contributed by atoms with Crippen LogP contribution < -0.4 is 5.73 Å². The van der Waals surface area contributed by atoms with Crippen molar-refractivity contribution in [3.05, 3.63) is 29.6 Å². The minimum Gasteiger partial charge on any atom is -0.398 e. The molecule has 0 bridgehead atoms. The minimum atomic E-state index is -0.317. The summed E-state index contributed by atoms with van der Waals surface area (Å²) in [5.41, 5.74) is 6.74. The standard InChI is InChI=1S/C8H10FNO/c1-11-5-6-2-3-7(9)4-8(6)10/h2-4H,5,10H2,1H3. The molecule has 60 valence electrons. The molecule has 0 aliphatic carbocycles. The van der Waals surface area contributed by atoms with Crippen LogP contribution >= 0.6 is 0 Å². The van der Waals surface area contributed by atoms with Crippen molar-refractivity contribution in [1.82, 2.24) is 0 Å². The first-order valence-electron chi connectivity index (χ1n) is 3.27. The molecule has 0 aromatic heterocycles. The molecule has 2 N–H and O–H groups in total. The second-order valence-corrected chi connectivity index (χ2v) is 2.28. The van der Waals surface area contributed by atoms with E-state index < -0.39 is 0 Å². The predicted molar refractivity (Wildman–Crippen MR) is 41.5 cm³/mol. The molecule has 0 aliphatic heterocycles. The van der Waals surface area contributed by atoms with Gasteiger partial charge in [-0.05, 0) is 12.1 Å². The van der Waals surface area contributed by atoms with Crippen LogP contribution in [0, 0.1) is 5.82 Å². The topological polar surface area (TPSA) is 35.2 Å².